The number of nitrogens with zero attached hydrogens (tertiary/aromatic N) is 4. The summed E-state index contributed by atoms with van der Waals surface area (Å²) < 4.78 is 0. The molecule has 0 aliphatic rings. The Morgan fingerprint density at radius 3 is 2.88 bits per heavy atom. The van der Waals surface area contributed by atoms with Gasteiger partial charge in [0, 0.05) is 19.8 Å². The molecule has 88 valence electrons. The summed E-state index contributed by atoms with van der Waals surface area (Å²) >= 11 is 0. The third-order valence-electron chi connectivity index (χ3n) is 1.99. The minimum absolute atomic E-state index is 0.0124. The van der Waals surface area contributed by atoms with E-state index < -0.39 is 0 Å². The van der Waals surface area contributed by atoms with Crippen LogP contribution in [0.4, 0.5) is 5.95 Å². The summed E-state index contributed by atoms with van der Waals surface area (Å²) in [5.41, 5.74) is 5.88. The highest BCUT2D eigenvalue weighted by molar-refractivity contribution is 5.95. The van der Waals surface area contributed by atoms with E-state index in [1.165, 1.54) is 0 Å². The second-order valence-corrected chi connectivity index (χ2v) is 4.00. The van der Waals surface area contributed by atoms with Gasteiger partial charge in [-0.1, -0.05) is 19.0 Å². The zero-order valence-electron chi connectivity index (χ0n) is 9.75. The number of rotatable bonds is 4. The first-order valence-electron chi connectivity index (χ1n) is 5.06. The maximum atomic E-state index is 8.55. The van der Waals surface area contributed by atoms with Crippen molar-refractivity contribution in [3.8, 4) is 0 Å². The van der Waals surface area contributed by atoms with Crippen molar-refractivity contribution in [2.45, 2.75) is 13.8 Å². The average Bonchev–Trinajstić information content (AvgIpc) is 2.27. The lowest BCUT2D eigenvalue weighted by Crippen LogP contribution is -2.26. The maximum absolute atomic E-state index is 8.55. The summed E-state index contributed by atoms with van der Waals surface area (Å²) in [5.74, 6) is 1.07. The predicted molar refractivity (Wildman–Crippen MR) is 62.7 cm³/mol. The van der Waals surface area contributed by atoms with Crippen molar-refractivity contribution in [1.82, 2.24) is 9.97 Å². The molecule has 6 heteroatoms. The molecule has 1 aromatic heterocycles. The lowest BCUT2D eigenvalue weighted by atomic mass is 10.2. The lowest BCUT2D eigenvalue weighted by molar-refractivity contribution is 0.318. The van der Waals surface area contributed by atoms with E-state index in [0.29, 0.717) is 17.6 Å². The van der Waals surface area contributed by atoms with Gasteiger partial charge in [0.05, 0.1) is 0 Å². The largest absolute Gasteiger partial charge is 0.409 e. The van der Waals surface area contributed by atoms with Gasteiger partial charge in [-0.15, -0.1) is 0 Å². The first-order valence-corrected chi connectivity index (χ1v) is 5.06. The molecule has 0 bridgehead atoms. The van der Waals surface area contributed by atoms with Crippen molar-refractivity contribution < 1.29 is 5.21 Å². The van der Waals surface area contributed by atoms with Gasteiger partial charge < -0.3 is 15.8 Å². The monoisotopic (exact) mass is 223 g/mol. The molecule has 0 fully saturated rings. The molecule has 1 rings (SSSR count). The van der Waals surface area contributed by atoms with Gasteiger partial charge in [-0.25, -0.2) is 9.97 Å². The standard InChI is InChI=1S/C10H17N5O/c1-7(2)6-15(3)10-12-5-4-8(13-10)9(11)14-16/h4-5,7,16H,6H2,1-3H3,(H2,11,14). The molecular weight excluding hydrogens is 206 g/mol. The third-order valence-corrected chi connectivity index (χ3v) is 1.99. The summed E-state index contributed by atoms with van der Waals surface area (Å²) in [7, 11) is 1.91. The van der Waals surface area contributed by atoms with E-state index in [1.54, 1.807) is 12.3 Å². The van der Waals surface area contributed by atoms with Crippen LogP contribution in [0.3, 0.4) is 0 Å². The molecule has 0 saturated carbocycles. The summed E-state index contributed by atoms with van der Waals surface area (Å²) in [5, 5.41) is 11.5. The van der Waals surface area contributed by atoms with E-state index in [-0.39, 0.29) is 5.84 Å². The second-order valence-electron chi connectivity index (χ2n) is 4.00. The molecule has 1 heterocycles. The van der Waals surface area contributed by atoms with Crippen LogP contribution in [0.2, 0.25) is 0 Å². The number of amidine groups is 1. The van der Waals surface area contributed by atoms with Crippen LogP contribution in [-0.2, 0) is 0 Å². The molecule has 0 aromatic carbocycles. The van der Waals surface area contributed by atoms with E-state index in [0.717, 1.165) is 6.54 Å². The molecule has 0 spiro atoms. The van der Waals surface area contributed by atoms with E-state index >= 15 is 0 Å². The molecule has 1 aromatic rings. The lowest BCUT2D eigenvalue weighted by Gasteiger charge is -2.19. The van der Waals surface area contributed by atoms with Crippen LogP contribution in [0.5, 0.6) is 0 Å². The Bertz CT molecular complexity index is 377. The maximum Gasteiger partial charge on any atom is 0.225 e. The zero-order valence-corrected chi connectivity index (χ0v) is 9.75. The van der Waals surface area contributed by atoms with Gasteiger partial charge in [0.15, 0.2) is 5.84 Å². The minimum Gasteiger partial charge on any atom is -0.409 e. The smallest absolute Gasteiger partial charge is 0.225 e. The highest BCUT2D eigenvalue weighted by Crippen LogP contribution is 2.07. The molecule has 0 unspecified atom stereocenters. The quantitative estimate of drug-likeness (QED) is 0.339. The first-order chi connectivity index (χ1) is 7.54. The first kappa shape index (κ1) is 12.2. The highest BCUT2D eigenvalue weighted by Gasteiger charge is 2.08. The van der Waals surface area contributed by atoms with Crippen molar-refractivity contribution >= 4 is 11.8 Å². The van der Waals surface area contributed by atoms with Crippen LogP contribution in [0.1, 0.15) is 19.5 Å². The molecule has 0 radical (unpaired) electrons. The van der Waals surface area contributed by atoms with Crippen LogP contribution in [0.25, 0.3) is 0 Å². The van der Waals surface area contributed by atoms with Crippen molar-refractivity contribution in [3.63, 3.8) is 0 Å². The van der Waals surface area contributed by atoms with Crippen molar-refractivity contribution in [3.05, 3.63) is 18.0 Å². The third kappa shape index (κ3) is 3.08. The summed E-state index contributed by atoms with van der Waals surface area (Å²) in [6.45, 7) is 5.08. The van der Waals surface area contributed by atoms with Crippen molar-refractivity contribution in [1.29, 1.82) is 0 Å². The Kier molecular flexibility index (Phi) is 4.04. The molecule has 6 nitrogen and oxygen atoms in total. The summed E-state index contributed by atoms with van der Waals surface area (Å²) in [4.78, 5) is 10.3. The molecule has 16 heavy (non-hydrogen) atoms. The van der Waals surface area contributed by atoms with Gasteiger partial charge in [0.2, 0.25) is 5.95 Å². The van der Waals surface area contributed by atoms with Crippen LogP contribution in [-0.4, -0.2) is 34.6 Å². The Labute approximate surface area is 94.8 Å². The SMILES string of the molecule is CC(C)CN(C)c1nccc(/C(N)=N/O)n1. The van der Waals surface area contributed by atoms with Crippen LogP contribution < -0.4 is 10.6 Å². The average molecular weight is 223 g/mol. The fourth-order valence-electron chi connectivity index (χ4n) is 1.36. The van der Waals surface area contributed by atoms with Crippen LogP contribution in [0.15, 0.2) is 17.4 Å². The number of oxime groups is 1. The molecule has 0 amide bonds. The topological polar surface area (TPSA) is 87.6 Å². The van der Waals surface area contributed by atoms with Gasteiger partial charge >= 0.3 is 0 Å². The fourth-order valence-corrected chi connectivity index (χ4v) is 1.36. The van der Waals surface area contributed by atoms with Crippen molar-refractivity contribution in [2.75, 3.05) is 18.5 Å². The van der Waals surface area contributed by atoms with Crippen LogP contribution in [0, 0.1) is 5.92 Å². The fraction of sp³-hybridized carbons (Fsp3) is 0.500. The van der Waals surface area contributed by atoms with Gasteiger partial charge in [0.1, 0.15) is 5.69 Å². The number of hydrogen-bond acceptors (Lipinski definition) is 5. The molecule has 0 aliphatic heterocycles. The van der Waals surface area contributed by atoms with Crippen molar-refractivity contribution in [2.24, 2.45) is 16.8 Å². The van der Waals surface area contributed by atoms with Gasteiger partial charge in [0.25, 0.3) is 0 Å². The van der Waals surface area contributed by atoms with Crippen LogP contribution >= 0.6 is 0 Å². The normalized spacial score (nSPS) is 11.9. The Balaban J connectivity index is 2.90. The minimum atomic E-state index is -0.0124. The summed E-state index contributed by atoms with van der Waals surface area (Å²) in [6.07, 6.45) is 1.59. The van der Waals surface area contributed by atoms with E-state index in [9.17, 15) is 0 Å². The molecule has 3 N–H and O–H groups in total. The predicted octanol–water partition coefficient (Wildman–Crippen LogP) is 0.663. The van der Waals surface area contributed by atoms with Gasteiger partial charge in [-0.2, -0.15) is 0 Å². The number of nitrogens with two attached hydrogens (primary N) is 1. The molecular formula is C10H17N5O. The molecule has 0 saturated heterocycles. The van der Waals surface area contributed by atoms with E-state index in [1.807, 2.05) is 11.9 Å². The second kappa shape index (κ2) is 5.29. The Morgan fingerprint density at radius 2 is 2.31 bits per heavy atom. The van der Waals surface area contributed by atoms with E-state index in [4.69, 9.17) is 10.9 Å². The number of anilines is 1. The molecule has 0 aliphatic carbocycles. The van der Waals surface area contributed by atoms with Gasteiger partial charge in [-0.3, -0.25) is 0 Å². The highest BCUT2D eigenvalue weighted by atomic mass is 16.4. The van der Waals surface area contributed by atoms with E-state index in [2.05, 4.69) is 29.0 Å². The Hall–Kier alpha value is -1.85. The summed E-state index contributed by atoms with van der Waals surface area (Å²) in [6, 6.07) is 1.60. The van der Waals surface area contributed by atoms with Gasteiger partial charge in [-0.05, 0) is 12.0 Å². The number of aromatic nitrogens is 2. The Morgan fingerprint density at radius 1 is 1.62 bits per heavy atom. The zero-order chi connectivity index (χ0) is 12.1. The number of hydrogen-bond donors (Lipinski definition) is 2. The molecule has 0 atom stereocenters.